The number of hydrogen-bond donors (Lipinski definition) is 1. The summed E-state index contributed by atoms with van der Waals surface area (Å²) >= 11 is 1.77. The van der Waals surface area contributed by atoms with Crippen LogP contribution in [-0.2, 0) is 0 Å². The fraction of sp³-hybridized carbons (Fsp3) is 0.800. The van der Waals surface area contributed by atoms with Gasteiger partial charge in [-0.25, -0.2) is 4.98 Å². The zero-order valence-corrected chi connectivity index (χ0v) is 12.5. The third-order valence-electron chi connectivity index (χ3n) is 4.25. The summed E-state index contributed by atoms with van der Waals surface area (Å²) in [6.45, 7) is 5.69. The molecular formula is C15H26N2S. The van der Waals surface area contributed by atoms with E-state index in [0.29, 0.717) is 5.92 Å². The van der Waals surface area contributed by atoms with Crippen LogP contribution in [0, 0.1) is 5.92 Å². The first-order valence-corrected chi connectivity index (χ1v) is 8.30. The lowest BCUT2D eigenvalue weighted by molar-refractivity contribution is 0.420. The highest BCUT2D eigenvalue weighted by Crippen LogP contribution is 2.26. The van der Waals surface area contributed by atoms with Gasteiger partial charge in [0.15, 0.2) is 0 Å². The molecule has 0 aliphatic heterocycles. The van der Waals surface area contributed by atoms with Crippen LogP contribution in [-0.4, -0.2) is 17.6 Å². The summed E-state index contributed by atoms with van der Waals surface area (Å²) in [6.07, 6.45) is 10.3. The predicted molar refractivity (Wildman–Crippen MR) is 79.2 cm³/mol. The van der Waals surface area contributed by atoms with Crippen LogP contribution in [0.1, 0.15) is 63.3 Å². The van der Waals surface area contributed by atoms with E-state index in [-0.39, 0.29) is 0 Å². The minimum atomic E-state index is 0.551. The molecule has 1 heterocycles. The first kappa shape index (κ1) is 14.0. The fourth-order valence-electron chi connectivity index (χ4n) is 2.90. The molecular weight excluding hydrogens is 240 g/mol. The van der Waals surface area contributed by atoms with Gasteiger partial charge in [0, 0.05) is 30.1 Å². The van der Waals surface area contributed by atoms with Crippen LogP contribution in [0.5, 0.6) is 0 Å². The van der Waals surface area contributed by atoms with Gasteiger partial charge in [-0.1, -0.05) is 33.1 Å². The molecule has 1 N–H and O–H groups in total. The largest absolute Gasteiger partial charge is 0.313 e. The molecule has 18 heavy (non-hydrogen) atoms. The molecule has 1 aromatic heterocycles. The topological polar surface area (TPSA) is 24.9 Å². The standard InChI is InChI=1S/C15H26N2S/c1-3-13-5-4-6-14(8-7-13)17-11-12(2)15-16-9-10-18-15/h9-10,12-14,17H,3-8,11H2,1-2H3. The molecule has 0 saturated heterocycles. The van der Waals surface area contributed by atoms with Crippen LogP contribution in [0.3, 0.4) is 0 Å². The van der Waals surface area contributed by atoms with Crippen LogP contribution in [0.4, 0.5) is 0 Å². The van der Waals surface area contributed by atoms with Gasteiger partial charge < -0.3 is 5.32 Å². The van der Waals surface area contributed by atoms with Gasteiger partial charge in [0.05, 0.1) is 5.01 Å². The Kier molecular flexibility index (Phi) is 5.64. The van der Waals surface area contributed by atoms with Crippen molar-refractivity contribution in [1.29, 1.82) is 0 Å². The van der Waals surface area contributed by atoms with Crippen LogP contribution >= 0.6 is 11.3 Å². The van der Waals surface area contributed by atoms with Crippen molar-refractivity contribution in [2.24, 2.45) is 5.92 Å². The Balaban J connectivity index is 1.73. The Hall–Kier alpha value is -0.410. The quantitative estimate of drug-likeness (QED) is 0.808. The first-order valence-electron chi connectivity index (χ1n) is 7.42. The van der Waals surface area contributed by atoms with Crippen molar-refractivity contribution >= 4 is 11.3 Å². The van der Waals surface area contributed by atoms with E-state index in [9.17, 15) is 0 Å². The molecule has 0 amide bonds. The maximum Gasteiger partial charge on any atom is 0.0965 e. The van der Waals surface area contributed by atoms with Crippen molar-refractivity contribution in [3.05, 3.63) is 16.6 Å². The molecule has 1 aliphatic carbocycles. The van der Waals surface area contributed by atoms with Gasteiger partial charge >= 0.3 is 0 Å². The summed E-state index contributed by atoms with van der Waals surface area (Å²) in [5.74, 6) is 1.53. The number of thiazole rings is 1. The second-order valence-corrected chi connectivity index (χ2v) is 6.59. The van der Waals surface area contributed by atoms with Crippen LogP contribution < -0.4 is 5.32 Å². The van der Waals surface area contributed by atoms with E-state index in [1.165, 1.54) is 43.5 Å². The van der Waals surface area contributed by atoms with Crippen molar-refractivity contribution in [3.8, 4) is 0 Å². The van der Waals surface area contributed by atoms with Crippen LogP contribution in [0.15, 0.2) is 11.6 Å². The second kappa shape index (κ2) is 7.25. The highest BCUT2D eigenvalue weighted by atomic mass is 32.1. The summed E-state index contributed by atoms with van der Waals surface area (Å²) < 4.78 is 0. The van der Waals surface area contributed by atoms with Crippen molar-refractivity contribution in [2.45, 2.75) is 64.3 Å². The SMILES string of the molecule is CCC1CCCC(NCC(C)c2nccs2)CC1. The first-order chi connectivity index (χ1) is 8.79. The molecule has 3 heteroatoms. The lowest BCUT2D eigenvalue weighted by Gasteiger charge is -2.19. The summed E-state index contributed by atoms with van der Waals surface area (Å²) in [7, 11) is 0. The molecule has 0 spiro atoms. The summed E-state index contributed by atoms with van der Waals surface area (Å²) in [5, 5.41) is 7.10. The minimum Gasteiger partial charge on any atom is -0.313 e. The summed E-state index contributed by atoms with van der Waals surface area (Å²) in [6, 6.07) is 0.740. The fourth-order valence-corrected chi connectivity index (χ4v) is 3.60. The Bertz CT molecular complexity index is 323. The Labute approximate surface area is 115 Å². The van der Waals surface area contributed by atoms with E-state index in [4.69, 9.17) is 0 Å². The van der Waals surface area contributed by atoms with E-state index in [1.54, 1.807) is 11.3 Å². The molecule has 0 radical (unpaired) electrons. The van der Waals surface area contributed by atoms with Gasteiger partial charge in [0.25, 0.3) is 0 Å². The number of nitrogens with zero attached hydrogens (tertiary/aromatic N) is 1. The van der Waals surface area contributed by atoms with Gasteiger partial charge in [-0.05, 0) is 25.2 Å². The van der Waals surface area contributed by atoms with Crippen molar-refractivity contribution in [1.82, 2.24) is 10.3 Å². The maximum atomic E-state index is 4.40. The van der Waals surface area contributed by atoms with Crippen molar-refractivity contribution in [3.63, 3.8) is 0 Å². The molecule has 102 valence electrons. The number of nitrogens with one attached hydrogen (secondary N) is 1. The third-order valence-corrected chi connectivity index (χ3v) is 5.26. The minimum absolute atomic E-state index is 0.551. The average molecular weight is 266 g/mol. The van der Waals surface area contributed by atoms with E-state index < -0.39 is 0 Å². The van der Waals surface area contributed by atoms with Crippen molar-refractivity contribution < 1.29 is 0 Å². The average Bonchev–Trinajstić information content (AvgIpc) is 2.82. The predicted octanol–water partition coefficient (Wildman–Crippen LogP) is 4.20. The molecule has 2 nitrogen and oxygen atoms in total. The van der Waals surface area contributed by atoms with Gasteiger partial charge in [0.2, 0.25) is 0 Å². The molecule has 1 fully saturated rings. The number of rotatable bonds is 5. The molecule has 1 aliphatic rings. The molecule has 0 bridgehead atoms. The normalized spacial score (nSPS) is 26.8. The van der Waals surface area contributed by atoms with Crippen LogP contribution in [0.25, 0.3) is 0 Å². The Morgan fingerprint density at radius 3 is 3.00 bits per heavy atom. The van der Waals surface area contributed by atoms with Gasteiger partial charge in [-0.3, -0.25) is 0 Å². The molecule has 3 atom stereocenters. The smallest absolute Gasteiger partial charge is 0.0965 e. The second-order valence-electron chi connectivity index (χ2n) is 5.66. The molecule has 1 saturated carbocycles. The zero-order valence-electron chi connectivity index (χ0n) is 11.7. The van der Waals surface area contributed by atoms with Gasteiger partial charge in [0.1, 0.15) is 0 Å². The monoisotopic (exact) mass is 266 g/mol. The third kappa shape index (κ3) is 4.06. The lowest BCUT2D eigenvalue weighted by Crippen LogP contribution is -2.31. The van der Waals surface area contributed by atoms with E-state index in [1.807, 2.05) is 6.20 Å². The highest BCUT2D eigenvalue weighted by molar-refractivity contribution is 7.09. The maximum absolute atomic E-state index is 4.40. The number of aromatic nitrogens is 1. The summed E-state index contributed by atoms with van der Waals surface area (Å²) in [4.78, 5) is 4.40. The van der Waals surface area contributed by atoms with Gasteiger partial charge in [-0.15, -0.1) is 11.3 Å². The number of hydrogen-bond acceptors (Lipinski definition) is 3. The Morgan fingerprint density at radius 2 is 2.28 bits per heavy atom. The molecule has 1 aromatic rings. The Morgan fingerprint density at radius 1 is 1.39 bits per heavy atom. The van der Waals surface area contributed by atoms with Gasteiger partial charge in [-0.2, -0.15) is 0 Å². The van der Waals surface area contributed by atoms with Crippen molar-refractivity contribution in [2.75, 3.05) is 6.54 Å². The van der Waals surface area contributed by atoms with E-state index in [0.717, 1.165) is 18.5 Å². The zero-order chi connectivity index (χ0) is 12.8. The van der Waals surface area contributed by atoms with E-state index in [2.05, 4.69) is 29.5 Å². The molecule has 3 unspecified atom stereocenters. The van der Waals surface area contributed by atoms with E-state index >= 15 is 0 Å². The van der Waals surface area contributed by atoms with Crippen LogP contribution in [0.2, 0.25) is 0 Å². The lowest BCUT2D eigenvalue weighted by atomic mass is 9.98. The highest BCUT2D eigenvalue weighted by Gasteiger charge is 2.18. The summed E-state index contributed by atoms with van der Waals surface area (Å²) in [5.41, 5.74) is 0. The molecule has 0 aromatic carbocycles. The molecule has 2 rings (SSSR count).